The highest BCUT2D eigenvalue weighted by atomic mass is 32.2. The molecule has 0 amide bonds. The maximum Gasteiger partial charge on any atom is 0.283 e. The molecule has 0 saturated carbocycles. The van der Waals surface area contributed by atoms with Crippen molar-refractivity contribution in [2.75, 3.05) is 6.61 Å². The van der Waals surface area contributed by atoms with Crippen molar-refractivity contribution in [1.82, 2.24) is 14.5 Å². The van der Waals surface area contributed by atoms with Gasteiger partial charge in [-0.15, -0.1) is 0 Å². The first kappa shape index (κ1) is 23.1. The molecule has 0 fully saturated rings. The van der Waals surface area contributed by atoms with Crippen molar-refractivity contribution in [3.63, 3.8) is 0 Å². The van der Waals surface area contributed by atoms with Crippen molar-refractivity contribution in [3.05, 3.63) is 131 Å². The number of hydrogen-bond donors (Lipinski definition) is 1. The van der Waals surface area contributed by atoms with E-state index in [4.69, 9.17) is 9.72 Å². The summed E-state index contributed by atoms with van der Waals surface area (Å²) in [7, 11) is 0. The van der Waals surface area contributed by atoms with Gasteiger partial charge in [0, 0.05) is 10.9 Å². The lowest BCUT2D eigenvalue weighted by Gasteiger charge is -2.20. The monoisotopic (exact) mass is 503 g/mol. The van der Waals surface area contributed by atoms with Crippen LogP contribution in [0.25, 0.3) is 27.6 Å². The average Bonchev–Trinajstić information content (AvgIpc) is 3.33. The highest BCUT2D eigenvalue weighted by Crippen LogP contribution is 2.40. The number of hydrogen-bond acceptors (Lipinski definition) is 4. The molecule has 0 aliphatic heterocycles. The van der Waals surface area contributed by atoms with Gasteiger partial charge in [0.05, 0.1) is 17.5 Å². The minimum Gasteiger partial charge on any atom is -0.494 e. The maximum absolute atomic E-state index is 14.0. The van der Waals surface area contributed by atoms with Crippen molar-refractivity contribution in [2.24, 2.45) is 0 Å². The first-order chi connectivity index (χ1) is 18.2. The molecule has 0 aliphatic carbocycles. The van der Waals surface area contributed by atoms with Crippen LogP contribution in [-0.4, -0.2) is 21.1 Å². The number of benzene rings is 4. The topological polar surface area (TPSA) is 59.9 Å². The van der Waals surface area contributed by atoms with Gasteiger partial charge in [-0.3, -0.25) is 9.36 Å². The summed E-state index contributed by atoms with van der Waals surface area (Å²) in [5, 5.41) is 1.52. The van der Waals surface area contributed by atoms with Gasteiger partial charge in [0.25, 0.3) is 5.56 Å². The third-order valence-corrected chi connectivity index (χ3v) is 7.59. The van der Waals surface area contributed by atoms with Crippen LogP contribution in [0.5, 0.6) is 5.75 Å². The minimum atomic E-state index is -0.132. The van der Waals surface area contributed by atoms with Gasteiger partial charge in [-0.05, 0) is 48.4 Å². The second-order valence-electron chi connectivity index (χ2n) is 8.68. The fraction of sp³-hybridized carbons (Fsp3) is 0.0968. The number of fused-ring (bicyclic) bond motifs is 3. The minimum absolute atomic E-state index is 0.0501. The van der Waals surface area contributed by atoms with Gasteiger partial charge >= 0.3 is 0 Å². The van der Waals surface area contributed by atoms with E-state index in [0.29, 0.717) is 22.8 Å². The zero-order valence-electron chi connectivity index (χ0n) is 20.3. The van der Waals surface area contributed by atoms with Gasteiger partial charge in [-0.2, -0.15) is 0 Å². The number of aromatic nitrogens is 3. The Morgan fingerprint density at radius 2 is 1.46 bits per heavy atom. The summed E-state index contributed by atoms with van der Waals surface area (Å²) in [5.74, 6) is 0.764. The van der Waals surface area contributed by atoms with Gasteiger partial charge < -0.3 is 9.72 Å². The number of nitrogens with zero attached hydrogens (tertiary/aromatic N) is 2. The maximum atomic E-state index is 14.0. The van der Waals surface area contributed by atoms with Crippen LogP contribution < -0.4 is 10.3 Å². The zero-order chi connectivity index (χ0) is 25.2. The molecule has 0 radical (unpaired) electrons. The zero-order valence-corrected chi connectivity index (χ0v) is 21.1. The van der Waals surface area contributed by atoms with E-state index in [1.165, 1.54) is 0 Å². The van der Waals surface area contributed by atoms with Crippen LogP contribution in [0, 0.1) is 0 Å². The molecule has 1 N–H and O–H groups in total. The van der Waals surface area contributed by atoms with Gasteiger partial charge in [0.2, 0.25) is 0 Å². The Hall–Kier alpha value is -4.29. The van der Waals surface area contributed by atoms with E-state index in [1.54, 1.807) is 16.3 Å². The molecule has 0 aliphatic rings. The standard InChI is InChI=1S/C31H25N3O2S/c1-2-36-24-19-17-23(18-20-24)34-30(35)28-27(25-15-9-10-16-26(25)32-28)33-31(34)37-29(21-11-5-3-6-12-21)22-13-7-4-8-14-22/h3-20,29,32H,2H2,1H3. The lowest BCUT2D eigenvalue weighted by atomic mass is 10.0. The number of para-hydroxylation sites is 1. The summed E-state index contributed by atoms with van der Waals surface area (Å²) in [6, 6.07) is 36.2. The third kappa shape index (κ3) is 4.41. The lowest BCUT2D eigenvalue weighted by molar-refractivity contribution is 0.340. The Labute approximate surface area is 218 Å². The van der Waals surface area contributed by atoms with E-state index in [9.17, 15) is 4.79 Å². The van der Waals surface area contributed by atoms with Gasteiger partial charge in [0.1, 0.15) is 16.8 Å². The molecule has 2 aromatic heterocycles. The third-order valence-electron chi connectivity index (χ3n) is 6.33. The number of aromatic amines is 1. The fourth-order valence-electron chi connectivity index (χ4n) is 4.60. The molecule has 0 spiro atoms. The van der Waals surface area contributed by atoms with Crippen molar-refractivity contribution < 1.29 is 4.74 Å². The summed E-state index contributed by atoms with van der Waals surface area (Å²) < 4.78 is 7.34. The average molecular weight is 504 g/mol. The predicted molar refractivity (Wildman–Crippen MR) is 151 cm³/mol. The molecule has 6 heteroatoms. The van der Waals surface area contributed by atoms with Crippen LogP contribution in [0.3, 0.4) is 0 Å². The van der Waals surface area contributed by atoms with Gasteiger partial charge in [-0.25, -0.2) is 4.98 Å². The van der Waals surface area contributed by atoms with Crippen LogP contribution in [0.15, 0.2) is 119 Å². The normalized spacial score (nSPS) is 11.4. The quantitative estimate of drug-likeness (QED) is 0.186. The summed E-state index contributed by atoms with van der Waals surface area (Å²) >= 11 is 1.58. The molecular weight excluding hydrogens is 478 g/mol. The van der Waals surface area contributed by atoms with Crippen LogP contribution >= 0.6 is 11.8 Å². The highest BCUT2D eigenvalue weighted by Gasteiger charge is 2.22. The van der Waals surface area contributed by atoms with Crippen LogP contribution in [-0.2, 0) is 0 Å². The van der Waals surface area contributed by atoms with E-state index < -0.39 is 0 Å². The van der Waals surface area contributed by atoms with Crippen LogP contribution in [0.1, 0.15) is 23.3 Å². The van der Waals surface area contributed by atoms with Crippen LogP contribution in [0.2, 0.25) is 0 Å². The molecule has 0 atom stereocenters. The Bertz CT molecular complexity index is 1690. The largest absolute Gasteiger partial charge is 0.494 e. The van der Waals surface area contributed by atoms with Gasteiger partial charge in [-0.1, -0.05) is 90.6 Å². The molecule has 2 heterocycles. The van der Waals surface area contributed by atoms with E-state index in [0.717, 1.165) is 33.5 Å². The molecule has 0 bridgehead atoms. The summed E-state index contributed by atoms with van der Waals surface area (Å²) in [6.07, 6.45) is 0. The second-order valence-corrected chi connectivity index (χ2v) is 9.75. The SMILES string of the molecule is CCOc1ccc(-n2c(SC(c3ccccc3)c3ccccc3)nc3c([nH]c4ccccc43)c2=O)cc1. The van der Waals surface area contributed by atoms with Crippen molar-refractivity contribution >= 4 is 33.7 Å². The number of thioether (sulfide) groups is 1. The fourth-order valence-corrected chi connectivity index (χ4v) is 5.83. The summed E-state index contributed by atoms with van der Waals surface area (Å²) in [4.78, 5) is 22.4. The smallest absolute Gasteiger partial charge is 0.283 e. The Balaban J connectivity index is 1.58. The molecule has 0 saturated heterocycles. The Morgan fingerprint density at radius 1 is 0.838 bits per heavy atom. The summed E-state index contributed by atoms with van der Waals surface area (Å²) in [6.45, 7) is 2.53. The number of ether oxygens (including phenoxy) is 1. The second kappa shape index (κ2) is 9.99. The van der Waals surface area contributed by atoms with Crippen molar-refractivity contribution in [2.45, 2.75) is 17.3 Å². The highest BCUT2D eigenvalue weighted by molar-refractivity contribution is 7.99. The first-order valence-electron chi connectivity index (χ1n) is 12.3. The Kier molecular flexibility index (Phi) is 6.25. The van der Waals surface area contributed by atoms with Gasteiger partial charge in [0.15, 0.2) is 5.16 Å². The van der Waals surface area contributed by atoms with Crippen molar-refractivity contribution in [1.29, 1.82) is 0 Å². The van der Waals surface area contributed by atoms with E-state index in [-0.39, 0.29) is 10.8 Å². The molecule has 5 nitrogen and oxygen atoms in total. The molecule has 6 rings (SSSR count). The molecule has 0 unspecified atom stereocenters. The number of nitrogens with one attached hydrogen (secondary N) is 1. The lowest BCUT2D eigenvalue weighted by Crippen LogP contribution is -2.22. The number of rotatable bonds is 7. The molecule has 182 valence electrons. The van der Waals surface area contributed by atoms with E-state index in [2.05, 4.69) is 29.2 Å². The summed E-state index contributed by atoms with van der Waals surface area (Å²) in [5.41, 5.74) is 4.97. The molecule has 37 heavy (non-hydrogen) atoms. The Morgan fingerprint density at radius 3 is 2.11 bits per heavy atom. The van der Waals surface area contributed by atoms with Crippen molar-refractivity contribution in [3.8, 4) is 11.4 Å². The van der Waals surface area contributed by atoms with E-state index in [1.807, 2.05) is 91.9 Å². The van der Waals surface area contributed by atoms with Crippen LogP contribution in [0.4, 0.5) is 0 Å². The molecule has 4 aromatic carbocycles. The molecular formula is C31H25N3O2S. The van der Waals surface area contributed by atoms with E-state index >= 15 is 0 Å². The first-order valence-corrected chi connectivity index (χ1v) is 13.1. The molecule has 6 aromatic rings. The number of H-pyrrole nitrogens is 1. The predicted octanol–water partition coefficient (Wildman–Crippen LogP) is 7.15.